The van der Waals surface area contributed by atoms with E-state index in [1.54, 1.807) is 12.1 Å². The Labute approximate surface area is 62.0 Å². The molecule has 0 spiro atoms. The first-order valence-electron chi connectivity index (χ1n) is 2.86. The third kappa shape index (κ3) is 1.22. The standard InChI is InChI=1S/C6H9NO2Si/c7-5-3-4(9-10)1-2-6(5)8/h1-3,8H,7H2,10H3. The van der Waals surface area contributed by atoms with Crippen molar-refractivity contribution in [1.82, 2.24) is 0 Å². The maximum absolute atomic E-state index is 8.97. The minimum absolute atomic E-state index is 0.0995. The van der Waals surface area contributed by atoms with Gasteiger partial charge in [-0.1, -0.05) is 0 Å². The molecule has 0 aliphatic heterocycles. The molecular formula is C6H9NO2Si. The van der Waals surface area contributed by atoms with E-state index in [0.29, 0.717) is 21.9 Å². The Bertz CT molecular complexity index is 239. The maximum Gasteiger partial charge on any atom is 0.204 e. The second-order valence-corrected chi connectivity index (χ2v) is 2.33. The fraction of sp³-hybridized carbons (Fsp3) is 0. The van der Waals surface area contributed by atoms with Crippen molar-refractivity contribution in [2.75, 3.05) is 5.73 Å². The number of phenolic OH excluding ortho intramolecular Hbond substituents is 1. The molecular weight excluding hydrogens is 146 g/mol. The van der Waals surface area contributed by atoms with E-state index in [1.165, 1.54) is 6.07 Å². The first-order valence-corrected chi connectivity index (χ1v) is 3.68. The molecule has 0 aliphatic rings. The van der Waals surface area contributed by atoms with Gasteiger partial charge in [-0.25, -0.2) is 0 Å². The van der Waals surface area contributed by atoms with E-state index in [9.17, 15) is 0 Å². The highest BCUT2D eigenvalue weighted by molar-refractivity contribution is 6.00. The number of rotatable bonds is 1. The van der Waals surface area contributed by atoms with Gasteiger partial charge in [0.25, 0.3) is 0 Å². The Morgan fingerprint density at radius 1 is 1.50 bits per heavy atom. The van der Waals surface area contributed by atoms with Crippen LogP contribution in [0.5, 0.6) is 11.5 Å². The van der Waals surface area contributed by atoms with Gasteiger partial charge in [-0.05, 0) is 12.1 Å². The molecule has 0 heterocycles. The minimum Gasteiger partial charge on any atom is -0.553 e. The summed E-state index contributed by atoms with van der Waals surface area (Å²) in [5, 5.41) is 8.97. The fourth-order valence-electron chi connectivity index (χ4n) is 0.660. The van der Waals surface area contributed by atoms with Crippen LogP contribution >= 0.6 is 0 Å². The van der Waals surface area contributed by atoms with Crippen molar-refractivity contribution in [3.05, 3.63) is 18.2 Å². The number of aromatic hydroxyl groups is 1. The first-order chi connectivity index (χ1) is 4.74. The summed E-state index contributed by atoms with van der Waals surface area (Å²) < 4.78 is 5.00. The van der Waals surface area contributed by atoms with Gasteiger partial charge >= 0.3 is 0 Å². The molecule has 1 aromatic carbocycles. The lowest BCUT2D eigenvalue weighted by molar-refractivity contribution is 0.476. The smallest absolute Gasteiger partial charge is 0.204 e. The molecule has 0 saturated heterocycles. The lowest BCUT2D eigenvalue weighted by Crippen LogP contribution is -1.88. The molecule has 10 heavy (non-hydrogen) atoms. The van der Waals surface area contributed by atoms with Crippen LogP contribution in [0.25, 0.3) is 0 Å². The summed E-state index contributed by atoms with van der Waals surface area (Å²) in [6.45, 7) is 0. The highest BCUT2D eigenvalue weighted by Crippen LogP contribution is 2.23. The minimum atomic E-state index is 0.0995. The van der Waals surface area contributed by atoms with Gasteiger partial charge in [0.05, 0.1) is 5.69 Å². The van der Waals surface area contributed by atoms with Crippen LogP contribution in [0.4, 0.5) is 5.69 Å². The van der Waals surface area contributed by atoms with E-state index in [2.05, 4.69) is 0 Å². The predicted octanol–water partition coefficient (Wildman–Crippen LogP) is -0.366. The largest absolute Gasteiger partial charge is 0.553 e. The fourth-order valence-corrected chi connectivity index (χ4v) is 0.914. The Morgan fingerprint density at radius 3 is 2.70 bits per heavy atom. The molecule has 54 valence electrons. The number of anilines is 1. The Hall–Kier alpha value is -1.16. The van der Waals surface area contributed by atoms with E-state index >= 15 is 0 Å². The molecule has 0 atom stereocenters. The maximum atomic E-state index is 8.97. The second kappa shape index (κ2) is 2.61. The molecule has 3 N–H and O–H groups in total. The summed E-state index contributed by atoms with van der Waals surface area (Å²) in [5.74, 6) is 0.810. The van der Waals surface area contributed by atoms with Crippen LogP contribution < -0.4 is 10.2 Å². The van der Waals surface area contributed by atoms with E-state index < -0.39 is 0 Å². The van der Waals surface area contributed by atoms with E-state index in [1.807, 2.05) is 0 Å². The molecule has 0 amide bonds. The first kappa shape index (κ1) is 6.95. The molecule has 0 saturated carbocycles. The van der Waals surface area contributed by atoms with Crippen molar-refractivity contribution in [3.63, 3.8) is 0 Å². The average Bonchev–Trinajstić information content (AvgIpc) is 1.95. The van der Waals surface area contributed by atoms with Crippen LogP contribution in [0, 0.1) is 0 Å². The Kier molecular flexibility index (Phi) is 1.82. The SMILES string of the molecule is Nc1cc(O[SiH3])ccc1O. The van der Waals surface area contributed by atoms with Crippen LogP contribution in [0.1, 0.15) is 0 Å². The summed E-state index contributed by atoms with van der Waals surface area (Å²) in [6.07, 6.45) is 0. The molecule has 0 bridgehead atoms. The number of nitrogen functional groups attached to an aromatic ring is 1. The van der Waals surface area contributed by atoms with Crippen LogP contribution in [0.15, 0.2) is 18.2 Å². The van der Waals surface area contributed by atoms with Gasteiger partial charge in [0, 0.05) is 6.07 Å². The molecule has 0 fully saturated rings. The van der Waals surface area contributed by atoms with Crippen molar-refractivity contribution in [1.29, 1.82) is 0 Å². The number of phenols is 1. The third-order valence-corrected chi connectivity index (χ3v) is 1.71. The van der Waals surface area contributed by atoms with Crippen molar-refractivity contribution >= 4 is 16.2 Å². The van der Waals surface area contributed by atoms with Crippen LogP contribution in [-0.2, 0) is 0 Å². The monoisotopic (exact) mass is 155 g/mol. The molecule has 3 nitrogen and oxygen atoms in total. The summed E-state index contributed by atoms with van der Waals surface area (Å²) in [5.41, 5.74) is 5.74. The van der Waals surface area contributed by atoms with Crippen molar-refractivity contribution in [2.45, 2.75) is 0 Å². The molecule has 0 radical (unpaired) electrons. The number of benzene rings is 1. The van der Waals surface area contributed by atoms with E-state index in [4.69, 9.17) is 15.3 Å². The summed E-state index contributed by atoms with van der Waals surface area (Å²) >= 11 is 0. The van der Waals surface area contributed by atoms with Gasteiger partial charge < -0.3 is 15.3 Å². The number of nitrogens with two attached hydrogens (primary N) is 1. The van der Waals surface area contributed by atoms with E-state index in [0.717, 1.165) is 0 Å². The van der Waals surface area contributed by atoms with Gasteiger partial charge in [0.15, 0.2) is 0 Å². The van der Waals surface area contributed by atoms with E-state index in [-0.39, 0.29) is 5.75 Å². The van der Waals surface area contributed by atoms with Gasteiger partial charge in [-0.15, -0.1) is 0 Å². The number of hydrogen-bond donors (Lipinski definition) is 2. The van der Waals surface area contributed by atoms with Gasteiger partial charge in [-0.2, -0.15) is 0 Å². The van der Waals surface area contributed by atoms with Crippen molar-refractivity contribution in [3.8, 4) is 11.5 Å². The van der Waals surface area contributed by atoms with Crippen LogP contribution in [0.3, 0.4) is 0 Å². The molecule has 0 aromatic heterocycles. The molecule has 1 aromatic rings. The predicted molar refractivity (Wildman–Crippen MR) is 43.1 cm³/mol. The van der Waals surface area contributed by atoms with Crippen molar-refractivity contribution in [2.24, 2.45) is 0 Å². The summed E-state index contributed by atoms with van der Waals surface area (Å²) in [4.78, 5) is 0. The Morgan fingerprint density at radius 2 is 2.20 bits per heavy atom. The molecule has 0 aliphatic carbocycles. The highest BCUT2D eigenvalue weighted by Gasteiger charge is 1.95. The molecule has 4 heteroatoms. The van der Waals surface area contributed by atoms with Crippen molar-refractivity contribution < 1.29 is 9.53 Å². The lowest BCUT2D eigenvalue weighted by atomic mass is 10.3. The van der Waals surface area contributed by atoms with Crippen LogP contribution in [0.2, 0.25) is 0 Å². The zero-order valence-corrected chi connectivity index (χ0v) is 7.66. The zero-order chi connectivity index (χ0) is 7.56. The number of hydrogen-bond acceptors (Lipinski definition) is 3. The quantitative estimate of drug-likeness (QED) is 0.330. The van der Waals surface area contributed by atoms with Crippen LogP contribution in [-0.4, -0.2) is 15.6 Å². The summed E-state index contributed by atoms with van der Waals surface area (Å²) in [6, 6.07) is 4.80. The molecule has 0 unspecified atom stereocenters. The Balaban J connectivity index is 3.04. The topological polar surface area (TPSA) is 55.5 Å². The normalized spacial score (nSPS) is 9.60. The lowest BCUT2D eigenvalue weighted by Gasteiger charge is -2.02. The van der Waals surface area contributed by atoms with Gasteiger partial charge in [0.2, 0.25) is 10.5 Å². The highest BCUT2D eigenvalue weighted by atomic mass is 28.2. The zero-order valence-electron chi connectivity index (χ0n) is 5.66. The summed E-state index contributed by atoms with van der Waals surface area (Å²) in [7, 11) is 0.635. The average molecular weight is 155 g/mol. The third-order valence-electron chi connectivity index (χ3n) is 1.23. The van der Waals surface area contributed by atoms with Gasteiger partial charge in [-0.3, -0.25) is 0 Å². The second-order valence-electron chi connectivity index (χ2n) is 1.92. The van der Waals surface area contributed by atoms with Gasteiger partial charge in [0.1, 0.15) is 11.5 Å². The molecule has 1 rings (SSSR count).